The molecule has 1 fully saturated rings. The minimum Gasteiger partial charge on any atom is -0.339 e. The maximum Gasteiger partial charge on any atom is 0.253 e. The molecule has 2 aliphatic heterocycles. The van der Waals surface area contributed by atoms with E-state index >= 15 is 0 Å². The van der Waals surface area contributed by atoms with Crippen LogP contribution in [0.25, 0.3) is 0 Å². The number of carbonyl (C=O) groups excluding carboxylic acids is 2. The van der Waals surface area contributed by atoms with Gasteiger partial charge in [-0.3, -0.25) is 14.5 Å². The molecule has 5 nitrogen and oxygen atoms in total. The topological polar surface area (TPSA) is 43.9 Å². The zero-order valence-electron chi connectivity index (χ0n) is 22.5. The van der Waals surface area contributed by atoms with E-state index in [9.17, 15) is 14.0 Å². The van der Waals surface area contributed by atoms with Gasteiger partial charge in [-0.05, 0) is 64.2 Å². The highest BCUT2D eigenvalue weighted by molar-refractivity contribution is 7.10. The SMILES string of the molecule is CC(C)(C)c1ccc(C(=O)N2CCN(C(=O)CCN3CCc4sccc4C3c3cccc(F)c3)CC2)cc1. The Morgan fingerprint density at radius 3 is 2.34 bits per heavy atom. The van der Waals surface area contributed by atoms with Crippen LogP contribution in [0.4, 0.5) is 4.39 Å². The summed E-state index contributed by atoms with van der Waals surface area (Å²) in [5.74, 6) is -0.102. The highest BCUT2D eigenvalue weighted by Crippen LogP contribution is 2.38. The molecule has 3 heterocycles. The van der Waals surface area contributed by atoms with Gasteiger partial charge < -0.3 is 9.80 Å². The number of halogens is 1. The lowest BCUT2D eigenvalue weighted by Crippen LogP contribution is -2.51. The van der Waals surface area contributed by atoms with Gasteiger partial charge in [0.2, 0.25) is 5.91 Å². The fourth-order valence-corrected chi connectivity index (χ4v) is 6.43. The van der Waals surface area contributed by atoms with Crippen molar-refractivity contribution in [1.82, 2.24) is 14.7 Å². The fraction of sp³-hybridized carbons (Fsp3) is 0.419. The number of hydrogen-bond donors (Lipinski definition) is 0. The second-order valence-corrected chi connectivity index (χ2v) is 12.3. The highest BCUT2D eigenvalue weighted by Gasteiger charge is 2.31. The number of hydrogen-bond acceptors (Lipinski definition) is 4. The number of carbonyl (C=O) groups is 2. The lowest BCUT2D eigenvalue weighted by atomic mass is 9.86. The molecule has 0 aliphatic carbocycles. The van der Waals surface area contributed by atoms with Gasteiger partial charge in [0.15, 0.2) is 0 Å². The van der Waals surface area contributed by atoms with E-state index in [0.717, 1.165) is 18.5 Å². The third kappa shape index (κ3) is 5.69. The number of rotatable bonds is 5. The molecule has 1 atom stereocenters. The van der Waals surface area contributed by atoms with E-state index in [1.165, 1.54) is 22.1 Å². The van der Waals surface area contributed by atoms with Crippen LogP contribution in [0.2, 0.25) is 0 Å². The number of amides is 2. The van der Waals surface area contributed by atoms with Gasteiger partial charge in [-0.1, -0.05) is 45.0 Å². The summed E-state index contributed by atoms with van der Waals surface area (Å²) in [4.78, 5) is 33.6. The summed E-state index contributed by atoms with van der Waals surface area (Å²) < 4.78 is 14.1. The molecule has 3 aromatic rings. The predicted molar refractivity (Wildman–Crippen MR) is 150 cm³/mol. The summed E-state index contributed by atoms with van der Waals surface area (Å²) in [6.07, 6.45) is 1.36. The Morgan fingerprint density at radius 1 is 0.947 bits per heavy atom. The molecular weight excluding hydrogens is 497 g/mol. The molecular formula is C31H36FN3O2S. The second-order valence-electron chi connectivity index (χ2n) is 11.3. The van der Waals surface area contributed by atoms with Crippen molar-refractivity contribution < 1.29 is 14.0 Å². The van der Waals surface area contributed by atoms with Crippen LogP contribution in [0.5, 0.6) is 0 Å². The zero-order valence-corrected chi connectivity index (χ0v) is 23.3. The van der Waals surface area contributed by atoms with Crippen LogP contribution < -0.4 is 0 Å². The minimum atomic E-state index is -0.238. The number of fused-ring (bicyclic) bond motifs is 1. The lowest BCUT2D eigenvalue weighted by Gasteiger charge is -2.38. The van der Waals surface area contributed by atoms with Crippen LogP contribution in [0.15, 0.2) is 60.0 Å². The second kappa shape index (κ2) is 11.0. The number of piperazine rings is 1. The van der Waals surface area contributed by atoms with E-state index in [2.05, 4.69) is 37.1 Å². The Morgan fingerprint density at radius 2 is 1.66 bits per heavy atom. The maximum atomic E-state index is 14.1. The van der Waals surface area contributed by atoms with Gasteiger partial charge in [-0.2, -0.15) is 0 Å². The monoisotopic (exact) mass is 533 g/mol. The first-order chi connectivity index (χ1) is 18.2. The number of benzene rings is 2. The van der Waals surface area contributed by atoms with Crippen molar-refractivity contribution in [3.63, 3.8) is 0 Å². The first kappa shape index (κ1) is 26.6. The Bertz CT molecular complexity index is 1290. The van der Waals surface area contributed by atoms with Crippen LogP contribution >= 0.6 is 11.3 Å². The van der Waals surface area contributed by atoms with E-state index in [-0.39, 0.29) is 29.1 Å². The first-order valence-corrected chi connectivity index (χ1v) is 14.3. The molecule has 5 rings (SSSR count). The smallest absolute Gasteiger partial charge is 0.253 e. The largest absolute Gasteiger partial charge is 0.339 e. The molecule has 1 aromatic heterocycles. The van der Waals surface area contributed by atoms with Crippen molar-refractivity contribution in [2.75, 3.05) is 39.3 Å². The maximum absolute atomic E-state index is 14.1. The standard InChI is InChI=1S/C31H36FN3O2S/c1-31(2,3)24-9-7-22(8-10-24)30(37)35-18-16-33(17-19-35)28(36)12-15-34-14-11-27-26(13-20-38-27)29(34)23-5-4-6-25(32)21-23/h4-10,13,20-21,29H,11-12,14-19H2,1-3H3. The fourth-order valence-electron chi connectivity index (χ4n) is 5.53. The van der Waals surface area contributed by atoms with Crippen LogP contribution in [0.3, 0.4) is 0 Å². The van der Waals surface area contributed by atoms with Gasteiger partial charge in [0.1, 0.15) is 5.82 Å². The van der Waals surface area contributed by atoms with Crippen LogP contribution in [-0.2, 0) is 16.6 Å². The summed E-state index contributed by atoms with van der Waals surface area (Å²) in [7, 11) is 0. The van der Waals surface area contributed by atoms with Crippen molar-refractivity contribution in [1.29, 1.82) is 0 Å². The first-order valence-electron chi connectivity index (χ1n) is 13.4. The Hall–Kier alpha value is -3.03. The van der Waals surface area contributed by atoms with E-state index in [1.54, 1.807) is 23.5 Å². The molecule has 2 amide bonds. The van der Waals surface area contributed by atoms with Gasteiger partial charge in [-0.25, -0.2) is 4.39 Å². The van der Waals surface area contributed by atoms with Crippen molar-refractivity contribution in [3.8, 4) is 0 Å². The third-order valence-corrected chi connectivity index (χ3v) is 8.76. The van der Waals surface area contributed by atoms with Crippen molar-refractivity contribution >= 4 is 23.2 Å². The Balaban J connectivity index is 1.17. The van der Waals surface area contributed by atoms with Gasteiger partial charge >= 0.3 is 0 Å². The predicted octanol–water partition coefficient (Wildman–Crippen LogP) is 5.51. The van der Waals surface area contributed by atoms with E-state index < -0.39 is 0 Å². The average Bonchev–Trinajstić information content (AvgIpc) is 3.39. The molecule has 1 saturated heterocycles. The number of nitrogens with zero attached hydrogens (tertiary/aromatic N) is 3. The molecule has 1 unspecified atom stereocenters. The van der Waals surface area contributed by atoms with E-state index in [1.807, 2.05) is 40.1 Å². The third-order valence-electron chi connectivity index (χ3n) is 7.76. The Labute approximate surface area is 228 Å². The van der Waals surface area contributed by atoms with Crippen molar-refractivity contribution in [2.24, 2.45) is 0 Å². The van der Waals surface area contributed by atoms with Crippen LogP contribution in [0.1, 0.15) is 65.2 Å². The number of thiophene rings is 1. The molecule has 0 spiro atoms. The van der Waals surface area contributed by atoms with Gasteiger partial charge in [0, 0.05) is 56.1 Å². The van der Waals surface area contributed by atoms with Crippen LogP contribution in [0, 0.1) is 5.82 Å². The molecule has 38 heavy (non-hydrogen) atoms. The zero-order chi connectivity index (χ0) is 26.9. The van der Waals surface area contributed by atoms with Crippen molar-refractivity contribution in [2.45, 2.75) is 45.1 Å². The summed E-state index contributed by atoms with van der Waals surface area (Å²) in [6.45, 7) is 10.1. The lowest BCUT2D eigenvalue weighted by molar-refractivity contribution is -0.133. The Kier molecular flexibility index (Phi) is 7.68. The van der Waals surface area contributed by atoms with Gasteiger partial charge in [0.05, 0.1) is 6.04 Å². The average molecular weight is 534 g/mol. The molecule has 7 heteroatoms. The summed E-state index contributed by atoms with van der Waals surface area (Å²) in [5, 5.41) is 2.10. The van der Waals surface area contributed by atoms with E-state index in [0.29, 0.717) is 44.7 Å². The molecule has 0 bridgehead atoms. The molecule has 2 aromatic carbocycles. The molecule has 0 radical (unpaired) electrons. The summed E-state index contributed by atoms with van der Waals surface area (Å²) >= 11 is 1.75. The summed E-state index contributed by atoms with van der Waals surface area (Å²) in [5.41, 5.74) is 4.10. The summed E-state index contributed by atoms with van der Waals surface area (Å²) in [6, 6.07) is 16.8. The molecule has 2 aliphatic rings. The van der Waals surface area contributed by atoms with Crippen LogP contribution in [-0.4, -0.2) is 65.8 Å². The van der Waals surface area contributed by atoms with Gasteiger partial charge in [-0.15, -0.1) is 11.3 Å². The quantitative estimate of drug-likeness (QED) is 0.435. The normalized spacial score (nSPS) is 18.4. The molecule has 0 saturated carbocycles. The van der Waals surface area contributed by atoms with Crippen molar-refractivity contribution in [3.05, 3.63) is 92.9 Å². The minimum absolute atomic E-state index is 0.0235. The van der Waals surface area contributed by atoms with Gasteiger partial charge in [0.25, 0.3) is 5.91 Å². The highest BCUT2D eigenvalue weighted by atomic mass is 32.1. The molecule has 200 valence electrons. The van der Waals surface area contributed by atoms with E-state index in [4.69, 9.17) is 0 Å². The molecule has 0 N–H and O–H groups in total.